The Morgan fingerprint density at radius 1 is 1.12 bits per heavy atom. The number of pyridine rings is 2. The van der Waals surface area contributed by atoms with Crippen LogP contribution in [-0.4, -0.2) is 33.2 Å². The second-order valence-corrected chi connectivity index (χ2v) is 7.58. The zero-order valence-corrected chi connectivity index (χ0v) is 18.0. The van der Waals surface area contributed by atoms with Crippen LogP contribution in [0.1, 0.15) is 29.1 Å². The van der Waals surface area contributed by atoms with Crippen LogP contribution in [0.2, 0.25) is 0 Å². The van der Waals surface area contributed by atoms with Gasteiger partial charge >= 0.3 is 0 Å². The number of hydrogen-bond donors (Lipinski definition) is 1. The number of amides is 1. The van der Waals surface area contributed by atoms with Crippen LogP contribution in [0.25, 0.3) is 10.6 Å². The Balaban J connectivity index is 1.48. The first-order valence-electron chi connectivity index (χ1n) is 9.55. The summed E-state index contributed by atoms with van der Waals surface area (Å²) in [6, 6.07) is 11.9. The van der Waals surface area contributed by atoms with Crippen molar-refractivity contribution in [2.75, 3.05) is 12.4 Å². The summed E-state index contributed by atoms with van der Waals surface area (Å²) in [5.74, 6) is -0.0434. The van der Waals surface area contributed by atoms with Gasteiger partial charge in [0.15, 0.2) is 22.3 Å². The lowest BCUT2D eigenvalue weighted by Crippen LogP contribution is -2.12. The Morgan fingerprint density at radius 3 is 2.75 bits per heavy atom. The monoisotopic (exact) mass is 451 g/mol. The van der Waals surface area contributed by atoms with E-state index in [9.17, 15) is 9.18 Å². The van der Waals surface area contributed by atoms with Gasteiger partial charge in [-0.3, -0.25) is 20.1 Å². The average Bonchev–Trinajstić information content (AvgIpc) is 3.28. The molecule has 32 heavy (non-hydrogen) atoms. The Morgan fingerprint density at radius 2 is 2.00 bits per heavy atom. The Bertz CT molecular complexity index is 1240. The van der Waals surface area contributed by atoms with E-state index in [1.807, 2.05) is 25.1 Å². The summed E-state index contributed by atoms with van der Waals surface area (Å²) < 4.78 is 25.3. The molecule has 1 aromatic carbocycles. The van der Waals surface area contributed by atoms with Gasteiger partial charge in [-0.05, 0) is 43.3 Å². The van der Waals surface area contributed by atoms with Gasteiger partial charge in [0.1, 0.15) is 6.10 Å². The number of anilines is 1. The summed E-state index contributed by atoms with van der Waals surface area (Å²) >= 11 is 1.06. The number of hydrogen-bond acceptors (Lipinski definition) is 8. The number of rotatable bonds is 7. The van der Waals surface area contributed by atoms with Gasteiger partial charge in [-0.25, -0.2) is 4.39 Å². The molecular weight excluding hydrogens is 433 g/mol. The van der Waals surface area contributed by atoms with Crippen LogP contribution in [0.15, 0.2) is 61.1 Å². The van der Waals surface area contributed by atoms with Crippen molar-refractivity contribution in [1.82, 2.24) is 20.2 Å². The first-order valence-corrected chi connectivity index (χ1v) is 10.4. The Kier molecular flexibility index (Phi) is 6.31. The van der Waals surface area contributed by atoms with Crippen LogP contribution in [-0.2, 0) is 0 Å². The molecule has 4 rings (SSSR count). The summed E-state index contributed by atoms with van der Waals surface area (Å²) in [7, 11) is 1.50. The van der Waals surface area contributed by atoms with Gasteiger partial charge in [0.25, 0.3) is 5.91 Å². The third-order valence-electron chi connectivity index (χ3n) is 4.48. The largest absolute Gasteiger partial charge is 0.493 e. The van der Waals surface area contributed by atoms with Gasteiger partial charge in [0.05, 0.1) is 24.6 Å². The molecule has 1 N–H and O–H groups in total. The lowest BCUT2D eigenvalue weighted by molar-refractivity contribution is 0.102. The fourth-order valence-electron chi connectivity index (χ4n) is 2.87. The van der Waals surface area contributed by atoms with Crippen LogP contribution in [0, 0.1) is 5.82 Å². The van der Waals surface area contributed by atoms with Gasteiger partial charge in [-0.15, -0.1) is 10.2 Å². The van der Waals surface area contributed by atoms with Gasteiger partial charge in [0.2, 0.25) is 5.13 Å². The van der Waals surface area contributed by atoms with Crippen LogP contribution in [0.3, 0.4) is 0 Å². The van der Waals surface area contributed by atoms with E-state index >= 15 is 0 Å². The predicted molar refractivity (Wildman–Crippen MR) is 117 cm³/mol. The van der Waals surface area contributed by atoms with E-state index in [0.717, 1.165) is 23.2 Å². The summed E-state index contributed by atoms with van der Waals surface area (Å²) in [5.41, 5.74) is 1.38. The first-order chi connectivity index (χ1) is 15.5. The highest BCUT2D eigenvalue weighted by Crippen LogP contribution is 2.32. The molecule has 0 saturated carbocycles. The molecule has 0 fully saturated rings. The topological polar surface area (TPSA) is 99.1 Å². The molecule has 4 aromatic rings. The Hall–Kier alpha value is -3.92. The predicted octanol–water partition coefficient (Wildman–Crippen LogP) is 4.54. The number of carbonyl (C=O) groups is 1. The molecule has 10 heteroatoms. The SMILES string of the molecule is COc1cc(C(=O)Nc2nnc(-c3ccncc3F)s2)ccc1O[C@@H](C)c1ccccn1. The number of ether oxygens (including phenoxy) is 2. The van der Waals surface area contributed by atoms with E-state index in [1.54, 1.807) is 24.4 Å². The van der Waals surface area contributed by atoms with Crippen molar-refractivity contribution in [3.05, 3.63) is 78.1 Å². The highest BCUT2D eigenvalue weighted by atomic mass is 32.1. The van der Waals surface area contributed by atoms with E-state index in [2.05, 4.69) is 25.5 Å². The van der Waals surface area contributed by atoms with E-state index < -0.39 is 11.7 Å². The average molecular weight is 451 g/mol. The Labute approximate surface area is 187 Å². The lowest BCUT2D eigenvalue weighted by atomic mass is 10.2. The molecular formula is C22H18FN5O3S. The molecule has 0 radical (unpaired) electrons. The van der Waals surface area contributed by atoms with Crippen molar-refractivity contribution < 1.29 is 18.7 Å². The molecule has 162 valence electrons. The molecule has 0 unspecified atom stereocenters. The van der Waals surface area contributed by atoms with Gasteiger partial charge in [-0.1, -0.05) is 17.4 Å². The molecule has 0 saturated heterocycles. The summed E-state index contributed by atoms with van der Waals surface area (Å²) in [6.07, 6.45) is 3.95. The van der Waals surface area contributed by atoms with E-state index in [-0.39, 0.29) is 16.8 Å². The lowest BCUT2D eigenvalue weighted by Gasteiger charge is -2.17. The number of methoxy groups -OCH3 is 1. The third-order valence-corrected chi connectivity index (χ3v) is 5.35. The van der Waals surface area contributed by atoms with Crippen molar-refractivity contribution in [3.8, 4) is 22.1 Å². The van der Waals surface area contributed by atoms with Crippen LogP contribution in [0.5, 0.6) is 11.5 Å². The quantitative estimate of drug-likeness (QED) is 0.440. The number of carbonyl (C=O) groups excluding carboxylic acids is 1. The molecule has 0 aliphatic rings. The maximum Gasteiger partial charge on any atom is 0.257 e. The van der Waals surface area contributed by atoms with Crippen molar-refractivity contribution in [1.29, 1.82) is 0 Å². The van der Waals surface area contributed by atoms with Crippen molar-refractivity contribution in [3.63, 3.8) is 0 Å². The molecule has 0 aliphatic heterocycles. The first kappa shape index (κ1) is 21.3. The minimum atomic E-state index is -0.512. The standard InChI is InChI=1S/C22H18FN5O3S/c1-13(17-5-3-4-9-25-17)31-18-7-6-14(11-19(18)30-2)20(29)26-22-28-27-21(32-22)15-8-10-24-12-16(15)23/h3-13H,1-2H3,(H,26,28,29)/t13-/m0/s1. The number of halogens is 1. The molecule has 0 aliphatic carbocycles. The minimum Gasteiger partial charge on any atom is -0.493 e. The molecule has 1 atom stereocenters. The van der Waals surface area contributed by atoms with Crippen molar-refractivity contribution >= 4 is 22.4 Å². The van der Waals surface area contributed by atoms with E-state index in [1.165, 1.54) is 19.4 Å². The van der Waals surface area contributed by atoms with Gasteiger partial charge in [-0.2, -0.15) is 0 Å². The van der Waals surface area contributed by atoms with Crippen molar-refractivity contribution in [2.24, 2.45) is 0 Å². The fourth-order valence-corrected chi connectivity index (χ4v) is 3.64. The molecule has 1 amide bonds. The minimum absolute atomic E-state index is 0.240. The van der Waals surface area contributed by atoms with Crippen molar-refractivity contribution in [2.45, 2.75) is 13.0 Å². The smallest absolute Gasteiger partial charge is 0.257 e. The zero-order valence-electron chi connectivity index (χ0n) is 17.2. The molecule has 3 aromatic heterocycles. The molecule has 0 bridgehead atoms. The maximum atomic E-state index is 13.9. The number of benzene rings is 1. The number of nitrogens with zero attached hydrogens (tertiary/aromatic N) is 4. The zero-order chi connectivity index (χ0) is 22.5. The molecule has 3 heterocycles. The van der Waals surface area contributed by atoms with Crippen LogP contribution < -0.4 is 14.8 Å². The highest BCUT2D eigenvalue weighted by Gasteiger charge is 2.17. The maximum absolute atomic E-state index is 13.9. The van der Waals surface area contributed by atoms with Crippen LogP contribution in [0.4, 0.5) is 9.52 Å². The second kappa shape index (κ2) is 9.48. The van der Waals surface area contributed by atoms with E-state index in [4.69, 9.17) is 9.47 Å². The number of nitrogens with one attached hydrogen (secondary N) is 1. The summed E-state index contributed by atoms with van der Waals surface area (Å²) in [5, 5.41) is 11.1. The fraction of sp³-hybridized carbons (Fsp3) is 0.136. The third kappa shape index (κ3) is 4.70. The molecule has 0 spiro atoms. The van der Waals surface area contributed by atoms with Gasteiger partial charge < -0.3 is 9.47 Å². The summed E-state index contributed by atoms with van der Waals surface area (Å²) in [6.45, 7) is 1.88. The normalized spacial score (nSPS) is 11.6. The van der Waals surface area contributed by atoms with E-state index in [0.29, 0.717) is 22.1 Å². The number of aromatic nitrogens is 4. The molecule has 8 nitrogen and oxygen atoms in total. The van der Waals surface area contributed by atoms with Crippen LogP contribution >= 0.6 is 11.3 Å². The summed E-state index contributed by atoms with van der Waals surface area (Å²) in [4.78, 5) is 20.7. The second-order valence-electron chi connectivity index (χ2n) is 6.60. The van der Waals surface area contributed by atoms with Gasteiger partial charge in [0, 0.05) is 18.0 Å². The highest BCUT2D eigenvalue weighted by molar-refractivity contribution is 7.18.